The second kappa shape index (κ2) is 8.59. The Morgan fingerprint density at radius 2 is 1.95 bits per heavy atom. The Balaban J connectivity index is 2.29. The zero-order valence-corrected chi connectivity index (χ0v) is 12.6. The molecule has 112 valence electrons. The smallest absolute Gasteiger partial charge is 0.339 e. The molecular weight excluding hydrogens is 254 g/mol. The van der Waals surface area contributed by atoms with Gasteiger partial charge in [-0.2, -0.15) is 0 Å². The lowest BCUT2D eigenvalue weighted by Gasteiger charge is -2.15. The summed E-state index contributed by atoms with van der Waals surface area (Å²) in [6, 6.07) is 7.17. The van der Waals surface area contributed by atoms with E-state index in [0.29, 0.717) is 24.9 Å². The second-order valence-electron chi connectivity index (χ2n) is 5.48. The van der Waals surface area contributed by atoms with Crippen LogP contribution in [0.5, 0.6) is 5.75 Å². The third-order valence-corrected chi connectivity index (χ3v) is 3.15. The lowest BCUT2D eigenvalue weighted by atomic mass is 10.0. The minimum absolute atomic E-state index is 0.209. The van der Waals surface area contributed by atoms with Crippen LogP contribution in [0.4, 0.5) is 0 Å². The van der Waals surface area contributed by atoms with E-state index >= 15 is 0 Å². The highest BCUT2D eigenvalue weighted by Gasteiger charge is 2.10. The molecule has 1 unspecified atom stereocenters. The highest BCUT2D eigenvalue weighted by atomic mass is 16.5. The van der Waals surface area contributed by atoms with E-state index in [4.69, 9.17) is 9.84 Å². The Bertz CT molecular complexity index is 418. The zero-order valence-electron chi connectivity index (χ0n) is 12.6. The largest absolute Gasteiger partial charge is 0.491 e. The molecule has 4 heteroatoms. The van der Waals surface area contributed by atoms with E-state index in [1.54, 1.807) is 24.3 Å². The molecule has 0 aliphatic heterocycles. The standard InChI is InChI=1S/C16H25NO3/c1-12(2)8-9-13(3)17-10-11-20-15-7-5-4-6-14(15)16(18)19/h4-7,12-13,17H,8-11H2,1-3H3,(H,18,19). The molecule has 0 aromatic heterocycles. The number of carboxylic acid groups (broad SMARTS) is 1. The molecule has 0 aliphatic carbocycles. The molecule has 4 nitrogen and oxygen atoms in total. The van der Waals surface area contributed by atoms with Crippen molar-refractivity contribution in [3.63, 3.8) is 0 Å². The molecule has 0 saturated heterocycles. The Morgan fingerprint density at radius 1 is 1.25 bits per heavy atom. The fourth-order valence-electron chi connectivity index (χ4n) is 1.92. The van der Waals surface area contributed by atoms with Crippen molar-refractivity contribution in [1.82, 2.24) is 5.32 Å². The van der Waals surface area contributed by atoms with E-state index in [2.05, 4.69) is 26.1 Å². The lowest BCUT2D eigenvalue weighted by Crippen LogP contribution is -2.30. The van der Waals surface area contributed by atoms with Crippen LogP contribution >= 0.6 is 0 Å². The van der Waals surface area contributed by atoms with Gasteiger partial charge < -0.3 is 15.2 Å². The van der Waals surface area contributed by atoms with Crippen molar-refractivity contribution >= 4 is 5.97 Å². The van der Waals surface area contributed by atoms with Gasteiger partial charge in [-0.1, -0.05) is 26.0 Å². The summed E-state index contributed by atoms with van der Waals surface area (Å²) >= 11 is 0. The van der Waals surface area contributed by atoms with Gasteiger partial charge in [-0.3, -0.25) is 0 Å². The van der Waals surface area contributed by atoms with E-state index < -0.39 is 5.97 Å². The SMILES string of the molecule is CC(C)CCC(C)NCCOc1ccccc1C(=O)O. The maximum atomic E-state index is 11.0. The topological polar surface area (TPSA) is 58.6 Å². The highest BCUT2D eigenvalue weighted by Crippen LogP contribution is 2.17. The molecule has 0 saturated carbocycles. The molecule has 1 aromatic carbocycles. The molecule has 2 N–H and O–H groups in total. The molecule has 0 heterocycles. The molecule has 1 aromatic rings. The van der Waals surface area contributed by atoms with Crippen LogP contribution in [0.15, 0.2) is 24.3 Å². The van der Waals surface area contributed by atoms with Crippen molar-refractivity contribution in [2.75, 3.05) is 13.2 Å². The lowest BCUT2D eigenvalue weighted by molar-refractivity contribution is 0.0692. The van der Waals surface area contributed by atoms with Gasteiger partial charge in [0.2, 0.25) is 0 Å². The average Bonchev–Trinajstić information content (AvgIpc) is 2.41. The molecule has 0 radical (unpaired) electrons. The summed E-state index contributed by atoms with van der Waals surface area (Å²) in [5.74, 6) is 0.188. The van der Waals surface area contributed by atoms with Gasteiger partial charge >= 0.3 is 5.97 Å². The minimum Gasteiger partial charge on any atom is -0.491 e. The zero-order chi connectivity index (χ0) is 15.0. The molecule has 20 heavy (non-hydrogen) atoms. The Kier molecular flexibility index (Phi) is 7.09. The Labute approximate surface area is 121 Å². The number of ether oxygens (including phenoxy) is 1. The number of rotatable bonds is 9. The predicted molar refractivity (Wildman–Crippen MR) is 80.4 cm³/mol. The van der Waals surface area contributed by atoms with E-state index in [0.717, 1.165) is 12.3 Å². The molecular formula is C16H25NO3. The van der Waals surface area contributed by atoms with Crippen molar-refractivity contribution in [3.05, 3.63) is 29.8 Å². The summed E-state index contributed by atoms with van der Waals surface area (Å²) in [5, 5.41) is 12.4. The van der Waals surface area contributed by atoms with Gasteiger partial charge in [0, 0.05) is 12.6 Å². The van der Waals surface area contributed by atoms with Crippen LogP contribution < -0.4 is 10.1 Å². The van der Waals surface area contributed by atoms with Crippen LogP contribution in [0.25, 0.3) is 0 Å². The van der Waals surface area contributed by atoms with Crippen molar-refractivity contribution in [1.29, 1.82) is 0 Å². The summed E-state index contributed by atoms with van der Waals surface area (Å²) < 4.78 is 5.53. The average molecular weight is 279 g/mol. The Morgan fingerprint density at radius 3 is 2.60 bits per heavy atom. The third-order valence-electron chi connectivity index (χ3n) is 3.15. The highest BCUT2D eigenvalue weighted by molar-refractivity contribution is 5.90. The number of aromatic carboxylic acids is 1. The molecule has 0 bridgehead atoms. The molecule has 1 rings (SSSR count). The molecule has 0 fully saturated rings. The number of carbonyl (C=O) groups is 1. The van der Waals surface area contributed by atoms with Gasteiger partial charge in [0.05, 0.1) is 0 Å². The summed E-state index contributed by atoms with van der Waals surface area (Å²) in [4.78, 5) is 11.0. The fraction of sp³-hybridized carbons (Fsp3) is 0.562. The summed E-state index contributed by atoms with van der Waals surface area (Å²) in [7, 11) is 0. The van der Waals surface area contributed by atoms with Gasteiger partial charge in [0.15, 0.2) is 0 Å². The number of para-hydroxylation sites is 1. The van der Waals surface area contributed by atoms with Crippen LogP contribution in [0, 0.1) is 5.92 Å². The van der Waals surface area contributed by atoms with Crippen LogP contribution in [0.3, 0.4) is 0 Å². The number of benzene rings is 1. The second-order valence-corrected chi connectivity index (χ2v) is 5.48. The first-order chi connectivity index (χ1) is 9.50. The molecule has 1 atom stereocenters. The monoisotopic (exact) mass is 279 g/mol. The van der Waals surface area contributed by atoms with Crippen LogP contribution in [-0.2, 0) is 0 Å². The van der Waals surface area contributed by atoms with Gasteiger partial charge in [-0.25, -0.2) is 4.79 Å². The van der Waals surface area contributed by atoms with E-state index in [1.807, 2.05) is 0 Å². The first-order valence-electron chi connectivity index (χ1n) is 7.19. The van der Waals surface area contributed by atoms with Crippen LogP contribution in [0.1, 0.15) is 44.0 Å². The number of hydrogen-bond acceptors (Lipinski definition) is 3. The quantitative estimate of drug-likeness (QED) is 0.682. The maximum absolute atomic E-state index is 11.0. The minimum atomic E-state index is -0.959. The summed E-state index contributed by atoms with van der Waals surface area (Å²) in [6.45, 7) is 7.79. The normalized spacial score (nSPS) is 12.4. The van der Waals surface area contributed by atoms with Crippen molar-refractivity contribution < 1.29 is 14.6 Å². The van der Waals surface area contributed by atoms with E-state index in [1.165, 1.54) is 6.42 Å². The van der Waals surface area contributed by atoms with Crippen molar-refractivity contribution in [2.45, 2.75) is 39.7 Å². The number of nitrogens with one attached hydrogen (secondary N) is 1. The third kappa shape index (κ3) is 6.06. The van der Waals surface area contributed by atoms with Gasteiger partial charge in [0.1, 0.15) is 17.9 Å². The Hall–Kier alpha value is -1.55. The summed E-state index contributed by atoms with van der Waals surface area (Å²) in [6.07, 6.45) is 2.35. The van der Waals surface area contributed by atoms with Crippen molar-refractivity contribution in [3.8, 4) is 5.75 Å². The van der Waals surface area contributed by atoms with Crippen LogP contribution in [-0.4, -0.2) is 30.3 Å². The maximum Gasteiger partial charge on any atom is 0.339 e. The number of hydrogen-bond donors (Lipinski definition) is 2. The van der Waals surface area contributed by atoms with Crippen molar-refractivity contribution in [2.24, 2.45) is 5.92 Å². The van der Waals surface area contributed by atoms with Gasteiger partial charge in [0.25, 0.3) is 0 Å². The van der Waals surface area contributed by atoms with Gasteiger partial charge in [-0.15, -0.1) is 0 Å². The van der Waals surface area contributed by atoms with Crippen LogP contribution in [0.2, 0.25) is 0 Å². The van der Waals surface area contributed by atoms with E-state index in [-0.39, 0.29) is 5.56 Å². The summed E-state index contributed by atoms with van der Waals surface area (Å²) in [5.41, 5.74) is 0.209. The number of carboxylic acids is 1. The first kappa shape index (κ1) is 16.5. The molecule has 0 spiro atoms. The predicted octanol–water partition coefficient (Wildman–Crippen LogP) is 3.18. The van der Waals surface area contributed by atoms with Gasteiger partial charge in [-0.05, 0) is 37.8 Å². The van der Waals surface area contributed by atoms with E-state index in [9.17, 15) is 4.79 Å². The fourth-order valence-corrected chi connectivity index (χ4v) is 1.92. The molecule has 0 amide bonds. The molecule has 0 aliphatic rings. The first-order valence-corrected chi connectivity index (χ1v) is 7.19.